The summed E-state index contributed by atoms with van der Waals surface area (Å²) in [6, 6.07) is 0.185. The Bertz CT molecular complexity index is 310. The molecule has 1 rings (SSSR count). The maximum absolute atomic E-state index is 11.8. The highest BCUT2D eigenvalue weighted by atomic mass is 32.1. The third-order valence-corrected chi connectivity index (χ3v) is 3.49. The molecule has 0 aromatic heterocycles. The summed E-state index contributed by atoms with van der Waals surface area (Å²) in [6.07, 6.45) is -0.232. The van der Waals surface area contributed by atoms with E-state index in [-0.39, 0.29) is 18.1 Å². The van der Waals surface area contributed by atoms with Gasteiger partial charge < -0.3 is 15.8 Å². The van der Waals surface area contributed by atoms with Crippen LogP contribution in [0.1, 0.15) is 20.8 Å². The molecule has 0 aromatic rings. The van der Waals surface area contributed by atoms with E-state index in [1.807, 2.05) is 11.8 Å². The van der Waals surface area contributed by atoms with Crippen molar-refractivity contribution in [3.05, 3.63) is 0 Å². The van der Waals surface area contributed by atoms with Gasteiger partial charge in [0.25, 0.3) is 0 Å². The number of carbonyl (C=O) groups excluding carboxylic acids is 1. The molecule has 2 unspecified atom stereocenters. The van der Waals surface area contributed by atoms with Gasteiger partial charge in [-0.3, -0.25) is 9.69 Å². The lowest BCUT2D eigenvalue weighted by Gasteiger charge is -2.32. The highest BCUT2D eigenvalue weighted by molar-refractivity contribution is 7.80. The highest BCUT2D eigenvalue weighted by Crippen LogP contribution is 2.06. The number of thiocarbonyl (C=S) groups is 1. The lowest BCUT2D eigenvalue weighted by Crippen LogP contribution is -2.51. The van der Waals surface area contributed by atoms with Crippen LogP contribution in [0.3, 0.4) is 0 Å². The van der Waals surface area contributed by atoms with Crippen LogP contribution in [0.4, 0.5) is 0 Å². The van der Waals surface area contributed by atoms with Crippen molar-refractivity contribution in [1.29, 1.82) is 0 Å². The summed E-state index contributed by atoms with van der Waals surface area (Å²) in [5.74, 6) is 0.475. The van der Waals surface area contributed by atoms with Gasteiger partial charge in [-0.1, -0.05) is 26.1 Å². The molecule has 0 aliphatic carbocycles. The molecule has 1 saturated heterocycles. The Kier molecular flexibility index (Phi) is 5.98. The average molecular weight is 273 g/mol. The van der Waals surface area contributed by atoms with Crippen molar-refractivity contribution in [3.8, 4) is 0 Å². The Morgan fingerprint density at radius 1 is 1.56 bits per heavy atom. The van der Waals surface area contributed by atoms with Crippen LogP contribution >= 0.6 is 12.2 Å². The van der Waals surface area contributed by atoms with Crippen LogP contribution in [0.2, 0.25) is 0 Å². The number of hydrogen-bond donors (Lipinski definition) is 2. The smallest absolute Gasteiger partial charge is 0.234 e. The standard InChI is InChI=1S/C12H23N3O2S/c1-8(2)9(3)14-11(16)7-15-4-5-17-10(6-15)12(13)18/h8-10H,4-7H2,1-3H3,(H2,13,18)(H,14,16). The van der Waals surface area contributed by atoms with Gasteiger partial charge >= 0.3 is 0 Å². The molecule has 0 aromatic carbocycles. The first kappa shape index (κ1) is 15.3. The first-order valence-electron chi connectivity index (χ1n) is 6.32. The molecule has 1 fully saturated rings. The zero-order valence-electron chi connectivity index (χ0n) is 11.3. The minimum Gasteiger partial charge on any atom is -0.391 e. The normalized spacial score (nSPS) is 22.8. The number of carbonyl (C=O) groups is 1. The molecule has 1 heterocycles. The molecule has 18 heavy (non-hydrogen) atoms. The Morgan fingerprint density at radius 3 is 2.78 bits per heavy atom. The van der Waals surface area contributed by atoms with Crippen LogP contribution in [0.15, 0.2) is 0 Å². The number of amides is 1. The first-order chi connectivity index (χ1) is 8.40. The van der Waals surface area contributed by atoms with E-state index in [0.717, 1.165) is 6.54 Å². The van der Waals surface area contributed by atoms with Crippen molar-refractivity contribution in [1.82, 2.24) is 10.2 Å². The van der Waals surface area contributed by atoms with Gasteiger partial charge in [0, 0.05) is 19.1 Å². The summed E-state index contributed by atoms with van der Waals surface area (Å²) in [5, 5.41) is 2.99. The number of nitrogens with zero attached hydrogens (tertiary/aromatic N) is 1. The van der Waals surface area contributed by atoms with Gasteiger partial charge in [-0.15, -0.1) is 0 Å². The molecule has 1 aliphatic heterocycles. The van der Waals surface area contributed by atoms with Gasteiger partial charge in [0.05, 0.1) is 13.2 Å². The van der Waals surface area contributed by atoms with E-state index >= 15 is 0 Å². The second kappa shape index (κ2) is 7.01. The van der Waals surface area contributed by atoms with Crippen LogP contribution in [0.25, 0.3) is 0 Å². The second-order valence-corrected chi connectivity index (χ2v) is 5.57. The molecule has 0 saturated carbocycles. The van der Waals surface area contributed by atoms with Crippen molar-refractivity contribution < 1.29 is 9.53 Å². The van der Waals surface area contributed by atoms with Crippen LogP contribution < -0.4 is 11.1 Å². The van der Waals surface area contributed by atoms with Crippen molar-refractivity contribution in [2.45, 2.75) is 32.9 Å². The predicted octanol–water partition coefficient (Wildman–Crippen LogP) is 0.134. The lowest BCUT2D eigenvalue weighted by atomic mass is 10.1. The number of hydrogen-bond acceptors (Lipinski definition) is 4. The van der Waals surface area contributed by atoms with Gasteiger partial charge in [0.15, 0.2) is 0 Å². The summed E-state index contributed by atoms with van der Waals surface area (Å²) < 4.78 is 5.43. The Morgan fingerprint density at radius 2 is 2.22 bits per heavy atom. The van der Waals surface area contributed by atoms with Gasteiger partial charge in [0.2, 0.25) is 5.91 Å². The van der Waals surface area contributed by atoms with Crippen molar-refractivity contribution >= 4 is 23.1 Å². The molecule has 0 bridgehead atoms. The Labute approximate surface area is 114 Å². The molecule has 0 radical (unpaired) electrons. The van der Waals surface area contributed by atoms with E-state index in [1.165, 1.54) is 0 Å². The Hall–Kier alpha value is -0.720. The van der Waals surface area contributed by atoms with Gasteiger partial charge in [0.1, 0.15) is 11.1 Å². The third-order valence-electron chi connectivity index (χ3n) is 3.22. The summed E-state index contributed by atoms with van der Waals surface area (Å²) in [7, 11) is 0. The quantitative estimate of drug-likeness (QED) is 0.697. The van der Waals surface area contributed by atoms with E-state index in [9.17, 15) is 4.79 Å². The first-order valence-corrected chi connectivity index (χ1v) is 6.73. The SMILES string of the molecule is CC(C)C(C)NC(=O)CN1CCOC(C(N)=S)C1. The minimum absolute atomic E-state index is 0.0415. The zero-order chi connectivity index (χ0) is 13.7. The molecule has 2 atom stereocenters. The van der Waals surface area contributed by atoms with Crippen molar-refractivity contribution in [2.24, 2.45) is 11.7 Å². The van der Waals surface area contributed by atoms with E-state index < -0.39 is 0 Å². The molecule has 5 nitrogen and oxygen atoms in total. The fourth-order valence-electron chi connectivity index (χ4n) is 1.69. The number of nitrogens with two attached hydrogens (primary N) is 1. The number of ether oxygens (including phenoxy) is 1. The van der Waals surface area contributed by atoms with Crippen LogP contribution in [-0.2, 0) is 9.53 Å². The highest BCUT2D eigenvalue weighted by Gasteiger charge is 2.24. The topological polar surface area (TPSA) is 67.6 Å². The zero-order valence-corrected chi connectivity index (χ0v) is 12.1. The average Bonchev–Trinajstić information content (AvgIpc) is 2.28. The minimum atomic E-state index is -0.232. The number of rotatable bonds is 5. The van der Waals surface area contributed by atoms with E-state index in [2.05, 4.69) is 19.2 Å². The summed E-state index contributed by atoms with van der Waals surface area (Å²) in [4.78, 5) is 14.2. The van der Waals surface area contributed by atoms with E-state index in [0.29, 0.717) is 30.6 Å². The number of nitrogens with one attached hydrogen (secondary N) is 1. The molecule has 104 valence electrons. The van der Waals surface area contributed by atoms with E-state index in [1.54, 1.807) is 0 Å². The predicted molar refractivity (Wildman–Crippen MR) is 75.4 cm³/mol. The molecule has 1 aliphatic rings. The van der Waals surface area contributed by atoms with Crippen molar-refractivity contribution in [3.63, 3.8) is 0 Å². The fourth-order valence-corrected chi connectivity index (χ4v) is 1.83. The fraction of sp³-hybridized carbons (Fsp3) is 0.833. The van der Waals surface area contributed by atoms with Crippen LogP contribution in [-0.4, -0.2) is 54.2 Å². The lowest BCUT2D eigenvalue weighted by molar-refractivity contribution is -0.124. The molecule has 3 N–H and O–H groups in total. The van der Waals surface area contributed by atoms with Crippen LogP contribution in [0, 0.1) is 5.92 Å². The second-order valence-electron chi connectivity index (χ2n) is 5.10. The number of morpholine rings is 1. The van der Waals surface area contributed by atoms with Gasteiger partial charge in [-0.2, -0.15) is 0 Å². The summed E-state index contributed by atoms with van der Waals surface area (Å²) in [5.41, 5.74) is 5.56. The van der Waals surface area contributed by atoms with Crippen molar-refractivity contribution in [2.75, 3.05) is 26.2 Å². The largest absolute Gasteiger partial charge is 0.391 e. The summed E-state index contributed by atoms with van der Waals surface area (Å²) in [6.45, 7) is 8.46. The van der Waals surface area contributed by atoms with Crippen LogP contribution in [0.5, 0.6) is 0 Å². The van der Waals surface area contributed by atoms with Gasteiger partial charge in [-0.25, -0.2) is 0 Å². The molecule has 6 heteroatoms. The summed E-state index contributed by atoms with van der Waals surface area (Å²) >= 11 is 4.91. The Balaban J connectivity index is 2.37. The third kappa shape index (κ3) is 4.88. The molecular formula is C12H23N3O2S. The van der Waals surface area contributed by atoms with E-state index in [4.69, 9.17) is 22.7 Å². The maximum atomic E-state index is 11.8. The molecule has 0 spiro atoms. The molecular weight excluding hydrogens is 250 g/mol. The monoisotopic (exact) mass is 273 g/mol. The maximum Gasteiger partial charge on any atom is 0.234 e. The molecule has 1 amide bonds. The van der Waals surface area contributed by atoms with Gasteiger partial charge in [-0.05, 0) is 12.8 Å².